The lowest BCUT2D eigenvalue weighted by molar-refractivity contribution is 0.303. The molecule has 1 saturated carbocycles. The Labute approximate surface area is 87.5 Å². The Balaban J connectivity index is 2.03. The third kappa shape index (κ3) is 4.94. The summed E-state index contributed by atoms with van der Waals surface area (Å²) >= 11 is 0. The minimum Gasteiger partial charge on any atom is -0.314 e. The highest BCUT2D eigenvalue weighted by molar-refractivity contribution is 4.71. The third-order valence-electron chi connectivity index (χ3n) is 3.21. The van der Waals surface area contributed by atoms with Crippen molar-refractivity contribution in [2.75, 3.05) is 13.2 Å². The van der Waals surface area contributed by atoms with Crippen molar-refractivity contribution in [1.82, 2.24) is 5.32 Å². The molecule has 0 spiro atoms. The maximum absolute atomic E-state index is 11.9. The van der Waals surface area contributed by atoms with Crippen LogP contribution in [-0.4, -0.2) is 19.3 Å². The van der Waals surface area contributed by atoms with Gasteiger partial charge in [0.2, 0.25) is 0 Å². The molecule has 1 N–H and O–H groups in total. The first-order valence-corrected chi connectivity index (χ1v) is 6.12. The SMILES string of the molecule is CC(CC1CCCCC1)NCCCF. The Bertz CT molecular complexity index is 132. The van der Waals surface area contributed by atoms with Crippen LogP contribution in [0.2, 0.25) is 0 Å². The van der Waals surface area contributed by atoms with Gasteiger partial charge in [0, 0.05) is 6.04 Å². The number of hydrogen-bond donors (Lipinski definition) is 1. The van der Waals surface area contributed by atoms with Gasteiger partial charge in [0.25, 0.3) is 0 Å². The minimum atomic E-state index is -0.191. The Kier molecular flexibility index (Phi) is 6.17. The number of halogens is 1. The maximum atomic E-state index is 11.9. The Hall–Kier alpha value is -0.110. The van der Waals surface area contributed by atoms with E-state index in [0.29, 0.717) is 12.5 Å². The van der Waals surface area contributed by atoms with Gasteiger partial charge in [-0.1, -0.05) is 32.1 Å². The Morgan fingerprint density at radius 2 is 2.00 bits per heavy atom. The summed E-state index contributed by atoms with van der Waals surface area (Å²) in [6.07, 6.45) is 9.04. The molecular formula is C12H24FN. The van der Waals surface area contributed by atoms with Gasteiger partial charge in [-0.2, -0.15) is 0 Å². The summed E-state index contributed by atoms with van der Waals surface area (Å²) in [5.41, 5.74) is 0. The van der Waals surface area contributed by atoms with Gasteiger partial charge < -0.3 is 5.32 Å². The molecule has 0 aromatic rings. The fourth-order valence-electron chi connectivity index (χ4n) is 2.42. The quantitative estimate of drug-likeness (QED) is 0.650. The predicted molar refractivity (Wildman–Crippen MR) is 59.2 cm³/mol. The minimum absolute atomic E-state index is 0.191. The molecule has 0 amide bonds. The molecule has 2 heteroatoms. The van der Waals surface area contributed by atoms with E-state index in [0.717, 1.165) is 12.5 Å². The van der Waals surface area contributed by atoms with E-state index < -0.39 is 0 Å². The molecule has 0 saturated heterocycles. The zero-order valence-electron chi connectivity index (χ0n) is 9.40. The summed E-state index contributed by atoms with van der Waals surface area (Å²) in [6.45, 7) is 2.88. The molecule has 0 radical (unpaired) electrons. The topological polar surface area (TPSA) is 12.0 Å². The van der Waals surface area contributed by atoms with Crippen molar-refractivity contribution in [1.29, 1.82) is 0 Å². The zero-order chi connectivity index (χ0) is 10.2. The van der Waals surface area contributed by atoms with Crippen LogP contribution in [0.3, 0.4) is 0 Å². The average Bonchev–Trinajstić information content (AvgIpc) is 2.20. The second kappa shape index (κ2) is 7.22. The molecule has 0 aromatic carbocycles. The average molecular weight is 201 g/mol. The molecule has 0 aliphatic heterocycles. The van der Waals surface area contributed by atoms with Gasteiger partial charge in [-0.3, -0.25) is 4.39 Å². The van der Waals surface area contributed by atoms with Gasteiger partial charge in [-0.15, -0.1) is 0 Å². The highest BCUT2D eigenvalue weighted by atomic mass is 19.1. The molecule has 1 aliphatic carbocycles. The van der Waals surface area contributed by atoms with Crippen LogP contribution >= 0.6 is 0 Å². The number of rotatable bonds is 6. The van der Waals surface area contributed by atoms with Crippen LogP contribution in [0.4, 0.5) is 4.39 Å². The van der Waals surface area contributed by atoms with E-state index in [1.54, 1.807) is 0 Å². The fraction of sp³-hybridized carbons (Fsp3) is 1.00. The molecule has 1 unspecified atom stereocenters. The van der Waals surface area contributed by atoms with Crippen LogP contribution in [0.25, 0.3) is 0 Å². The first-order valence-electron chi connectivity index (χ1n) is 6.12. The van der Waals surface area contributed by atoms with Gasteiger partial charge in [0.1, 0.15) is 0 Å². The van der Waals surface area contributed by atoms with E-state index in [4.69, 9.17) is 0 Å². The highest BCUT2D eigenvalue weighted by Crippen LogP contribution is 2.27. The molecular weight excluding hydrogens is 177 g/mol. The zero-order valence-corrected chi connectivity index (χ0v) is 9.40. The maximum Gasteiger partial charge on any atom is 0.0906 e. The van der Waals surface area contributed by atoms with E-state index in [1.165, 1.54) is 38.5 Å². The molecule has 1 fully saturated rings. The highest BCUT2D eigenvalue weighted by Gasteiger charge is 2.15. The first-order chi connectivity index (χ1) is 6.83. The molecule has 1 atom stereocenters. The van der Waals surface area contributed by atoms with Crippen LogP contribution in [0.5, 0.6) is 0 Å². The fourth-order valence-corrected chi connectivity index (χ4v) is 2.42. The summed E-state index contributed by atoms with van der Waals surface area (Å²) in [5, 5.41) is 3.39. The molecule has 0 heterocycles. The lowest BCUT2D eigenvalue weighted by Gasteiger charge is -2.25. The lowest BCUT2D eigenvalue weighted by atomic mass is 9.85. The van der Waals surface area contributed by atoms with Crippen molar-refractivity contribution in [3.63, 3.8) is 0 Å². The largest absolute Gasteiger partial charge is 0.314 e. The van der Waals surface area contributed by atoms with Gasteiger partial charge in [-0.25, -0.2) is 0 Å². The Morgan fingerprint density at radius 3 is 2.64 bits per heavy atom. The van der Waals surface area contributed by atoms with Gasteiger partial charge in [0.05, 0.1) is 6.67 Å². The normalized spacial score (nSPS) is 21.0. The lowest BCUT2D eigenvalue weighted by Crippen LogP contribution is -2.30. The van der Waals surface area contributed by atoms with Crippen LogP contribution in [0.15, 0.2) is 0 Å². The van der Waals surface area contributed by atoms with Crippen molar-refractivity contribution in [2.24, 2.45) is 5.92 Å². The summed E-state index contributed by atoms with van der Waals surface area (Å²) in [7, 11) is 0. The smallest absolute Gasteiger partial charge is 0.0906 e. The molecule has 0 bridgehead atoms. The van der Waals surface area contributed by atoms with Crippen molar-refractivity contribution in [2.45, 2.75) is 57.9 Å². The van der Waals surface area contributed by atoms with Crippen LogP contribution in [0, 0.1) is 5.92 Å². The van der Waals surface area contributed by atoms with E-state index in [-0.39, 0.29) is 6.67 Å². The van der Waals surface area contributed by atoms with Gasteiger partial charge >= 0.3 is 0 Å². The summed E-state index contributed by atoms with van der Waals surface area (Å²) in [6, 6.07) is 0.574. The van der Waals surface area contributed by atoms with E-state index in [9.17, 15) is 4.39 Å². The van der Waals surface area contributed by atoms with Crippen molar-refractivity contribution >= 4 is 0 Å². The number of hydrogen-bond acceptors (Lipinski definition) is 1. The molecule has 84 valence electrons. The van der Waals surface area contributed by atoms with Crippen molar-refractivity contribution in [3.05, 3.63) is 0 Å². The molecule has 14 heavy (non-hydrogen) atoms. The Morgan fingerprint density at radius 1 is 1.29 bits per heavy atom. The number of nitrogens with one attached hydrogen (secondary N) is 1. The van der Waals surface area contributed by atoms with Crippen LogP contribution in [-0.2, 0) is 0 Å². The standard InChI is InChI=1S/C12H24FN/c1-11(14-9-5-8-13)10-12-6-3-2-4-7-12/h11-12,14H,2-10H2,1H3. The van der Waals surface area contributed by atoms with Crippen molar-refractivity contribution in [3.8, 4) is 0 Å². The summed E-state index contributed by atoms with van der Waals surface area (Å²) in [5.74, 6) is 0.927. The second-order valence-electron chi connectivity index (χ2n) is 4.64. The molecule has 0 aromatic heterocycles. The summed E-state index contributed by atoms with van der Waals surface area (Å²) < 4.78 is 11.9. The number of alkyl halides is 1. The van der Waals surface area contributed by atoms with Crippen LogP contribution in [0.1, 0.15) is 51.9 Å². The van der Waals surface area contributed by atoms with E-state index in [1.807, 2.05) is 0 Å². The molecule has 1 aliphatic rings. The van der Waals surface area contributed by atoms with E-state index >= 15 is 0 Å². The molecule has 1 nitrogen and oxygen atoms in total. The molecule has 1 rings (SSSR count). The third-order valence-corrected chi connectivity index (χ3v) is 3.21. The van der Waals surface area contributed by atoms with Gasteiger partial charge in [0.15, 0.2) is 0 Å². The second-order valence-corrected chi connectivity index (χ2v) is 4.64. The predicted octanol–water partition coefficient (Wildman–Crippen LogP) is 3.29. The van der Waals surface area contributed by atoms with Crippen molar-refractivity contribution < 1.29 is 4.39 Å². The van der Waals surface area contributed by atoms with Gasteiger partial charge in [-0.05, 0) is 32.2 Å². The summed E-state index contributed by atoms with van der Waals surface area (Å²) in [4.78, 5) is 0. The first kappa shape index (κ1) is 12.0. The van der Waals surface area contributed by atoms with E-state index in [2.05, 4.69) is 12.2 Å². The monoisotopic (exact) mass is 201 g/mol. The van der Waals surface area contributed by atoms with Crippen LogP contribution < -0.4 is 5.32 Å².